The highest BCUT2D eigenvalue weighted by Gasteiger charge is 2.03. The van der Waals surface area contributed by atoms with E-state index in [0.29, 0.717) is 0 Å². The molecule has 2 nitrogen and oxygen atoms in total. The topological polar surface area (TPSA) is 29.5 Å². The van der Waals surface area contributed by atoms with Gasteiger partial charge in [-0.2, -0.15) is 0 Å². The van der Waals surface area contributed by atoms with Gasteiger partial charge < -0.3 is 9.84 Å². The zero-order valence-electron chi connectivity index (χ0n) is 8.72. The van der Waals surface area contributed by atoms with Crippen LogP contribution >= 0.6 is 0 Å². The molecule has 0 radical (unpaired) electrons. The lowest BCUT2D eigenvalue weighted by molar-refractivity contribution is 0.350. The van der Waals surface area contributed by atoms with Crippen molar-refractivity contribution in [1.82, 2.24) is 0 Å². The van der Waals surface area contributed by atoms with E-state index in [-0.39, 0.29) is 6.61 Å². The Kier molecular flexibility index (Phi) is 3.55. The van der Waals surface area contributed by atoms with E-state index in [1.165, 1.54) is 0 Å². The van der Waals surface area contributed by atoms with Crippen molar-refractivity contribution in [2.45, 2.75) is 13.8 Å². The number of aryl methyl sites for hydroxylation is 2. The summed E-state index contributed by atoms with van der Waals surface area (Å²) in [5, 5.41) is 8.57. The second kappa shape index (κ2) is 4.69. The third-order valence-electron chi connectivity index (χ3n) is 1.98. The fraction of sp³-hybridized carbons (Fsp3) is 0.333. The maximum absolute atomic E-state index is 8.57. The van der Waals surface area contributed by atoms with Gasteiger partial charge in [-0.1, -0.05) is 11.8 Å². The van der Waals surface area contributed by atoms with E-state index in [1.807, 2.05) is 26.0 Å². The molecule has 74 valence electrons. The molecule has 0 saturated heterocycles. The summed E-state index contributed by atoms with van der Waals surface area (Å²) in [6.07, 6.45) is 0. The molecular formula is C12H14O2. The number of benzene rings is 1. The van der Waals surface area contributed by atoms with Crippen LogP contribution in [0.4, 0.5) is 0 Å². The molecule has 0 heterocycles. The summed E-state index contributed by atoms with van der Waals surface area (Å²) >= 11 is 0. The molecule has 1 N–H and O–H groups in total. The molecule has 0 aliphatic heterocycles. The second-order valence-electron chi connectivity index (χ2n) is 3.10. The van der Waals surface area contributed by atoms with Gasteiger partial charge in [-0.15, -0.1) is 0 Å². The lowest BCUT2D eigenvalue weighted by Crippen LogP contribution is -1.92. The summed E-state index contributed by atoms with van der Waals surface area (Å²) in [7, 11) is 1.66. The Balaban J connectivity index is 3.14. The standard InChI is InChI=1S/C12H14O2/c1-9-7-11(5-4-6-13)8-10(2)12(9)14-3/h7-8,13H,6H2,1-3H3. The number of aliphatic hydroxyl groups excluding tert-OH is 1. The Labute approximate surface area is 84.5 Å². The normalized spacial score (nSPS) is 9.14. The lowest BCUT2D eigenvalue weighted by atomic mass is 10.1. The van der Waals surface area contributed by atoms with Gasteiger partial charge >= 0.3 is 0 Å². The Hall–Kier alpha value is -1.46. The first-order valence-corrected chi connectivity index (χ1v) is 4.44. The van der Waals surface area contributed by atoms with Gasteiger partial charge in [0.25, 0.3) is 0 Å². The van der Waals surface area contributed by atoms with Crippen molar-refractivity contribution in [3.8, 4) is 17.6 Å². The number of hydrogen-bond donors (Lipinski definition) is 1. The fourth-order valence-corrected chi connectivity index (χ4v) is 1.49. The van der Waals surface area contributed by atoms with E-state index in [2.05, 4.69) is 11.8 Å². The SMILES string of the molecule is COc1c(C)cc(C#CCO)cc1C. The van der Waals surface area contributed by atoms with Gasteiger partial charge in [-0.25, -0.2) is 0 Å². The predicted molar refractivity (Wildman–Crippen MR) is 56.4 cm³/mol. The molecule has 1 rings (SSSR count). The molecular weight excluding hydrogens is 176 g/mol. The third-order valence-corrected chi connectivity index (χ3v) is 1.98. The van der Waals surface area contributed by atoms with Crippen LogP contribution in [0.25, 0.3) is 0 Å². The zero-order chi connectivity index (χ0) is 10.6. The van der Waals surface area contributed by atoms with E-state index in [1.54, 1.807) is 7.11 Å². The Morgan fingerprint density at radius 2 is 1.86 bits per heavy atom. The highest BCUT2D eigenvalue weighted by atomic mass is 16.5. The van der Waals surface area contributed by atoms with Crippen molar-refractivity contribution in [2.75, 3.05) is 13.7 Å². The number of hydrogen-bond acceptors (Lipinski definition) is 2. The minimum atomic E-state index is -0.107. The largest absolute Gasteiger partial charge is 0.496 e. The summed E-state index contributed by atoms with van der Waals surface area (Å²) in [6.45, 7) is 3.86. The number of aliphatic hydroxyl groups is 1. The van der Waals surface area contributed by atoms with Crippen molar-refractivity contribution in [2.24, 2.45) is 0 Å². The first kappa shape index (κ1) is 10.6. The predicted octanol–water partition coefficient (Wildman–Crippen LogP) is 1.66. The van der Waals surface area contributed by atoms with Gasteiger partial charge in [0.15, 0.2) is 0 Å². The average molecular weight is 190 g/mol. The van der Waals surface area contributed by atoms with Crippen LogP contribution in [-0.4, -0.2) is 18.8 Å². The zero-order valence-corrected chi connectivity index (χ0v) is 8.72. The van der Waals surface area contributed by atoms with E-state index >= 15 is 0 Å². The van der Waals surface area contributed by atoms with Crippen LogP contribution in [0.15, 0.2) is 12.1 Å². The van der Waals surface area contributed by atoms with Crippen molar-refractivity contribution >= 4 is 0 Å². The van der Waals surface area contributed by atoms with Gasteiger partial charge in [0.2, 0.25) is 0 Å². The maximum atomic E-state index is 8.57. The van der Waals surface area contributed by atoms with E-state index in [0.717, 1.165) is 22.4 Å². The summed E-state index contributed by atoms with van der Waals surface area (Å²) in [6, 6.07) is 3.91. The third kappa shape index (κ3) is 2.27. The first-order valence-electron chi connectivity index (χ1n) is 4.44. The molecule has 0 aromatic heterocycles. The van der Waals surface area contributed by atoms with Crippen LogP contribution in [-0.2, 0) is 0 Å². The molecule has 0 atom stereocenters. The van der Waals surface area contributed by atoms with Crippen LogP contribution in [0.2, 0.25) is 0 Å². The number of ether oxygens (including phenoxy) is 1. The lowest BCUT2D eigenvalue weighted by Gasteiger charge is -2.08. The van der Waals surface area contributed by atoms with Gasteiger partial charge in [-0.05, 0) is 37.1 Å². The molecule has 0 unspecified atom stereocenters. The molecule has 2 heteroatoms. The molecule has 0 spiro atoms. The molecule has 0 bridgehead atoms. The van der Waals surface area contributed by atoms with E-state index in [4.69, 9.17) is 9.84 Å². The molecule has 14 heavy (non-hydrogen) atoms. The highest BCUT2D eigenvalue weighted by Crippen LogP contribution is 2.23. The summed E-state index contributed by atoms with van der Waals surface area (Å²) in [4.78, 5) is 0. The van der Waals surface area contributed by atoms with Crippen molar-refractivity contribution in [3.63, 3.8) is 0 Å². The summed E-state index contributed by atoms with van der Waals surface area (Å²) < 4.78 is 5.24. The second-order valence-corrected chi connectivity index (χ2v) is 3.10. The number of methoxy groups -OCH3 is 1. The summed E-state index contributed by atoms with van der Waals surface area (Å²) in [5.41, 5.74) is 3.04. The van der Waals surface area contributed by atoms with E-state index < -0.39 is 0 Å². The van der Waals surface area contributed by atoms with Gasteiger partial charge in [0.1, 0.15) is 12.4 Å². The van der Waals surface area contributed by atoms with E-state index in [9.17, 15) is 0 Å². The average Bonchev–Trinajstić information content (AvgIpc) is 2.14. The molecule has 0 aliphatic carbocycles. The van der Waals surface area contributed by atoms with Crippen molar-refractivity contribution in [3.05, 3.63) is 28.8 Å². The van der Waals surface area contributed by atoms with Crippen molar-refractivity contribution in [1.29, 1.82) is 0 Å². The Morgan fingerprint density at radius 3 is 2.29 bits per heavy atom. The van der Waals surface area contributed by atoms with Crippen LogP contribution in [0, 0.1) is 25.7 Å². The molecule has 0 fully saturated rings. The van der Waals surface area contributed by atoms with Crippen LogP contribution in [0.3, 0.4) is 0 Å². The molecule has 0 amide bonds. The quantitative estimate of drug-likeness (QED) is 0.682. The molecule has 0 aliphatic rings. The van der Waals surface area contributed by atoms with Gasteiger partial charge in [-0.3, -0.25) is 0 Å². The van der Waals surface area contributed by atoms with Crippen LogP contribution in [0.5, 0.6) is 5.75 Å². The molecule has 0 saturated carbocycles. The van der Waals surface area contributed by atoms with Crippen molar-refractivity contribution < 1.29 is 9.84 Å². The summed E-state index contributed by atoms with van der Waals surface area (Å²) in [5.74, 6) is 6.40. The fourth-order valence-electron chi connectivity index (χ4n) is 1.49. The first-order chi connectivity index (χ1) is 6.69. The number of rotatable bonds is 1. The smallest absolute Gasteiger partial charge is 0.124 e. The minimum absolute atomic E-state index is 0.107. The monoisotopic (exact) mass is 190 g/mol. The van der Waals surface area contributed by atoms with Crippen LogP contribution < -0.4 is 4.74 Å². The van der Waals surface area contributed by atoms with Gasteiger partial charge in [0.05, 0.1) is 7.11 Å². The molecule has 1 aromatic rings. The van der Waals surface area contributed by atoms with Gasteiger partial charge in [0, 0.05) is 5.56 Å². The minimum Gasteiger partial charge on any atom is -0.496 e. The molecule has 1 aromatic carbocycles. The maximum Gasteiger partial charge on any atom is 0.124 e. The Morgan fingerprint density at radius 1 is 1.29 bits per heavy atom. The Bertz CT molecular complexity index is 360. The van der Waals surface area contributed by atoms with Crippen LogP contribution in [0.1, 0.15) is 16.7 Å². The highest BCUT2D eigenvalue weighted by molar-refractivity contribution is 5.48.